The SMILES string of the molecule is Cc1nc(-n2nc(C)c(Br)c2C)ncc1CO. The first-order valence-corrected chi connectivity index (χ1v) is 5.99. The fraction of sp³-hybridized carbons (Fsp3) is 0.364. The maximum atomic E-state index is 9.07. The number of rotatable bonds is 2. The fourth-order valence-corrected chi connectivity index (χ4v) is 1.80. The lowest BCUT2D eigenvalue weighted by atomic mass is 10.3. The summed E-state index contributed by atoms with van der Waals surface area (Å²) in [6.07, 6.45) is 1.63. The summed E-state index contributed by atoms with van der Waals surface area (Å²) in [5.41, 5.74) is 3.35. The van der Waals surface area contributed by atoms with Gasteiger partial charge >= 0.3 is 0 Å². The molecule has 1 N–H and O–H groups in total. The number of hydrogen-bond acceptors (Lipinski definition) is 4. The highest BCUT2D eigenvalue weighted by atomic mass is 79.9. The molecule has 0 aliphatic carbocycles. The summed E-state index contributed by atoms with van der Waals surface area (Å²) in [5.74, 6) is 0.519. The number of nitrogens with zero attached hydrogens (tertiary/aromatic N) is 4. The van der Waals surface area contributed by atoms with Gasteiger partial charge in [0.05, 0.1) is 22.5 Å². The number of aliphatic hydroxyl groups is 1. The molecule has 17 heavy (non-hydrogen) atoms. The molecule has 2 heterocycles. The minimum absolute atomic E-state index is 0.0487. The van der Waals surface area contributed by atoms with Crippen molar-refractivity contribution in [2.24, 2.45) is 0 Å². The fourth-order valence-electron chi connectivity index (χ4n) is 1.56. The van der Waals surface area contributed by atoms with E-state index in [2.05, 4.69) is 31.0 Å². The molecule has 2 rings (SSSR count). The van der Waals surface area contributed by atoms with Gasteiger partial charge in [0.1, 0.15) is 0 Å². The van der Waals surface area contributed by atoms with Gasteiger partial charge in [-0.1, -0.05) is 0 Å². The first-order valence-electron chi connectivity index (χ1n) is 5.20. The van der Waals surface area contributed by atoms with Gasteiger partial charge in [-0.25, -0.2) is 14.6 Å². The molecule has 0 fully saturated rings. The van der Waals surface area contributed by atoms with Crippen LogP contribution in [0.5, 0.6) is 0 Å². The molecular formula is C11H13BrN4O. The molecule has 0 aromatic carbocycles. The van der Waals surface area contributed by atoms with Crippen LogP contribution in [0.2, 0.25) is 0 Å². The van der Waals surface area contributed by atoms with Crippen LogP contribution in [0.4, 0.5) is 0 Å². The monoisotopic (exact) mass is 296 g/mol. The Kier molecular flexibility index (Phi) is 3.26. The lowest BCUT2D eigenvalue weighted by Gasteiger charge is -2.05. The van der Waals surface area contributed by atoms with E-state index in [-0.39, 0.29) is 6.61 Å². The molecule has 0 spiro atoms. The van der Waals surface area contributed by atoms with Crippen molar-refractivity contribution >= 4 is 15.9 Å². The van der Waals surface area contributed by atoms with Gasteiger partial charge in [-0.3, -0.25) is 0 Å². The summed E-state index contributed by atoms with van der Waals surface area (Å²) in [7, 11) is 0. The maximum absolute atomic E-state index is 9.07. The van der Waals surface area contributed by atoms with Crippen molar-refractivity contribution in [1.82, 2.24) is 19.7 Å². The zero-order valence-electron chi connectivity index (χ0n) is 9.90. The van der Waals surface area contributed by atoms with Gasteiger partial charge in [0.2, 0.25) is 0 Å². The molecular weight excluding hydrogens is 284 g/mol. The number of aromatic nitrogens is 4. The lowest BCUT2D eigenvalue weighted by molar-refractivity contribution is 0.280. The molecule has 0 saturated heterocycles. The number of halogens is 1. The van der Waals surface area contributed by atoms with Crippen molar-refractivity contribution in [1.29, 1.82) is 0 Å². The third kappa shape index (κ3) is 2.10. The summed E-state index contributed by atoms with van der Waals surface area (Å²) in [4.78, 5) is 8.54. The Balaban J connectivity index is 2.53. The Hall–Kier alpha value is -1.27. The second-order valence-corrected chi connectivity index (χ2v) is 4.63. The normalized spacial score (nSPS) is 10.9. The predicted octanol–water partition coefficient (Wildman–Crippen LogP) is 1.84. The van der Waals surface area contributed by atoms with Crippen molar-refractivity contribution < 1.29 is 5.11 Å². The van der Waals surface area contributed by atoms with E-state index in [0.29, 0.717) is 5.95 Å². The number of aryl methyl sites for hydroxylation is 2. The number of aliphatic hydroxyl groups excluding tert-OH is 1. The second-order valence-electron chi connectivity index (χ2n) is 3.84. The van der Waals surface area contributed by atoms with Crippen LogP contribution in [0.25, 0.3) is 5.95 Å². The zero-order valence-corrected chi connectivity index (χ0v) is 11.5. The van der Waals surface area contributed by atoms with Crippen LogP contribution in [-0.2, 0) is 6.61 Å². The Morgan fingerprint density at radius 3 is 2.47 bits per heavy atom. The van der Waals surface area contributed by atoms with Crippen LogP contribution in [-0.4, -0.2) is 24.9 Å². The minimum atomic E-state index is -0.0487. The Labute approximate surface area is 108 Å². The highest BCUT2D eigenvalue weighted by molar-refractivity contribution is 9.10. The van der Waals surface area contributed by atoms with Crippen molar-refractivity contribution in [3.63, 3.8) is 0 Å². The molecule has 0 atom stereocenters. The van der Waals surface area contributed by atoms with E-state index >= 15 is 0 Å². The Morgan fingerprint density at radius 2 is 2.00 bits per heavy atom. The van der Waals surface area contributed by atoms with Gasteiger partial charge in [-0.15, -0.1) is 0 Å². The predicted molar refractivity (Wildman–Crippen MR) is 67.0 cm³/mol. The standard InChI is InChI=1S/C11H13BrN4O/c1-6-9(5-17)4-13-11(14-6)16-8(3)10(12)7(2)15-16/h4,17H,5H2,1-3H3. The van der Waals surface area contributed by atoms with Gasteiger partial charge in [-0.05, 0) is 36.7 Å². The molecule has 0 saturated carbocycles. The second kappa shape index (κ2) is 4.54. The van der Waals surface area contributed by atoms with E-state index in [1.807, 2.05) is 20.8 Å². The Bertz CT molecular complexity index is 565. The molecule has 0 amide bonds. The average Bonchev–Trinajstić information content (AvgIpc) is 2.57. The smallest absolute Gasteiger partial charge is 0.251 e. The molecule has 6 heteroatoms. The summed E-state index contributed by atoms with van der Waals surface area (Å²) >= 11 is 3.47. The van der Waals surface area contributed by atoms with Gasteiger partial charge in [0.25, 0.3) is 5.95 Å². The summed E-state index contributed by atoms with van der Waals surface area (Å²) < 4.78 is 2.65. The van der Waals surface area contributed by atoms with Crippen molar-refractivity contribution in [3.8, 4) is 5.95 Å². The van der Waals surface area contributed by atoms with Crippen LogP contribution in [0.15, 0.2) is 10.7 Å². The topological polar surface area (TPSA) is 63.8 Å². The van der Waals surface area contributed by atoms with Crippen LogP contribution in [0.1, 0.15) is 22.6 Å². The van der Waals surface area contributed by atoms with Crippen LogP contribution in [0.3, 0.4) is 0 Å². The highest BCUT2D eigenvalue weighted by Crippen LogP contribution is 2.21. The van der Waals surface area contributed by atoms with Gasteiger partial charge in [-0.2, -0.15) is 5.10 Å². The number of hydrogen-bond donors (Lipinski definition) is 1. The molecule has 90 valence electrons. The third-order valence-electron chi connectivity index (χ3n) is 2.63. The zero-order chi connectivity index (χ0) is 12.6. The third-order valence-corrected chi connectivity index (χ3v) is 3.78. The van der Waals surface area contributed by atoms with Crippen LogP contribution in [0, 0.1) is 20.8 Å². The minimum Gasteiger partial charge on any atom is -0.392 e. The van der Waals surface area contributed by atoms with Crippen LogP contribution < -0.4 is 0 Å². The maximum Gasteiger partial charge on any atom is 0.251 e. The van der Waals surface area contributed by atoms with E-state index in [1.165, 1.54) is 0 Å². The first-order chi connectivity index (χ1) is 8.04. The Morgan fingerprint density at radius 1 is 1.29 bits per heavy atom. The molecule has 5 nitrogen and oxygen atoms in total. The summed E-state index contributed by atoms with van der Waals surface area (Å²) in [6, 6.07) is 0. The molecule has 0 radical (unpaired) electrons. The summed E-state index contributed by atoms with van der Waals surface area (Å²) in [5, 5.41) is 13.4. The van der Waals surface area contributed by atoms with E-state index in [4.69, 9.17) is 5.11 Å². The largest absolute Gasteiger partial charge is 0.392 e. The average molecular weight is 297 g/mol. The summed E-state index contributed by atoms with van der Waals surface area (Å²) in [6.45, 7) is 5.66. The van der Waals surface area contributed by atoms with E-state index < -0.39 is 0 Å². The van der Waals surface area contributed by atoms with Gasteiger partial charge < -0.3 is 5.11 Å². The molecule has 0 bridgehead atoms. The molecule has 0 unspecified atom stereocenters. The van der Waals surface area contributed by atoms with E-state index in [0.717, 1.165) is 27.1 Å². The molecule has 0 aliphatic rings. The highest BCUT2D eigenvalue weighted by Gasteiger charge is 2.13. The van der Waals surface area contributed by atoms with Crippen molar-refractivity contribution in [2.75, 3.05) is 0 Å². The van der Waals surface area contributed by atoms with Gasteiger partial charge in [0, 0.05) is 17.5 Å². The van der Waals surface area contributed by atoms with E-state index in [1.54, 1.807) is 10.9 Å². The first kappa shape index (κ1) is 12.2. The molecule has 2 aromatic heterocycles. The quantitative estimate of drug-likeness (QED) is 0.918. The molecule has 0 aliphatic heterocycles. The van der Waals surface area contributed by atoms with Crippen molar-refractivity contribution in [2.45, 2.75) is 27.4 Å². The lowest BCUT2D eigenvalue weighted by Crippen LogP contribution is -2.07. The van der Waals surface area contributed by atoms with Crippen molar-refractivity contribution in [3.05, 3.63) is 33.3 Å². The van der Waals surface area contributed by atoms with E-state index in [9.17, 15) is 0 Å². The molecule has 2 aromatic rings. The van der Waals surface area contributed by atoms with Gasteiger partial charge in [0.15, 0.2) is 0 Å². The van der Waals surface area contributed by atoms with Crippen LogP contribution >= 0.6 is 15.9 Å².